The largest absolute Gasteiger partial charge is 0.483 e. The van der Waals surface area contributed by atoms with Crippen LogP contribution in [0.4, 0.5) is 0 Å². The van der Waals surface area contributed by atoms with Crippen LogP contribution in [0.3, 0.4) is 0 Å². The van der Waals surface area contributed by atoms with Crippen molar-refractivity contribution in [2.24, 2.45) is 0 Å². The van der Waals surface area contributed by atoms with E-state index in [9.17, 15) is 9.59 Å². The summed E-state index contributed by atoms with van der Waals surface area (Å²) in [7, 11) is 0. The van der Waals surface area contributed by atoms with Crippen LogP contribution in [0.5, 0.6) is 5.75 Å². The summed E-state index contributed by atoms with van der Waals surface area (Å²) < 4.78 is 6.06. The van der Waals surface area contributed by atoms with E-state index in [2.05, 4.69) is 5.32 Å². The molecular weight excluding hydrogens is 460 g/mol. The molecule has 4 aromatic rings. The Balaban J connectivity index is 1.62. The zero-order chi connectivity index (χ0) is 26.0. The summed E-state index contributed by atoms with van der Waals surface area (Å²) in [6.45, 7) is 4.76. The first-order valence-electron chi connectivity index (χ1n) is 12.8. The Bertz CT molecular complexity index is 1310. The fourth-order valence-corrected chi connectivity index (χ4v) is 4.35. The van der Waals surface area contributed by atoms with Crippen LogP contribution in [0.25, 0.3) is 10.8 Å². The summed E-state index contributed by atoms with van der Waals surface area (Å²) in [5.41, 5.74) is 3.10. The number of benzene rings is 4. The second-order valence-electron chi connectivity index (χ2n) is 9.27. The molecule has 0 saturated carbocycles. The van der Waals surface area contributed by atoms with Gasteiger partial charge in [0.05, 0.1) is 0 Å². The molecule has 37 heavy (non-hydrogen) atoms. The lowest BCUT2D eigenvalue weighted by Gasteiger charge is -2.31. The topological polar surface area (TPSA) is 58.6 Å². The zero-order valence-corrected chi connectivity index (χ0v) is 21.5. The molecule has 0 spiro atoms. The molecule has 4 aromatic carbocycles. The molecule has 0 bridgehead atoms. The highest BCUT2D eigenvalue weighted by Gasteiger charge is 2.30. The van der Waals surface area contributed by atoms with Crippen LogP contribution < -0.4 is 10.1 Å². The summed E-state index contributed by atoms with van der Waals surface area (Å²) in [5, 5.41) is 5.00. The molecular formula is C32H34N2O3. The highest BCUT2D eigenvalue weighted by molar-refractivity contribution is 5.90. The highest BCUT2D eigenvalue weighted by atomic mass is 16.5. The standard InChI is InChI=1S/C32H34N2O3/c1-3-20-33-32(36)29(21-25-10-5-4-6-11-25)34(22-26-18-16-24(2)17-19-26)31(35)23-37-30-15-9-13-27-12-7-8-14-28(27)30/h4-19,29H,3,20-23H2,1-2H3,(H,33,36). The number of carbonyl (C=O) groups excluding carboxylic acids is 2. The van der Waals surface area contributed by atoms with E-state index in [4.69, 9.17) is 4.74 Å². The molecule has 0 aliphatic rings. The van der Waals surface area contributed by atoms with E-state index in [1.165, 1.54) is 0 Å². The Hall–Kier alpha value is -4.12. The van der Waals surface area contributed by atoms with E-state index in [1.807, 2.05) is 111 Å². The van der Waals surface area contributed by atoms with Crippen molar-refractivity contribution in [2.75, 3.05) is 13.2 Å². The Kier molecular flexibility index (Phi) is 8.93. The van der Waals surface area contributed by atoms with Gasteiger partial charge in [0.1, 0.15) is 11.8 Å². The number of rotatable bonds is 11. The van der Waals surface area contributed by atoms with Gasteiger partial charge in [-0.25, -0.2) is 0 Å². The summed E-state index contributed by atoms with van der Waals surface area (Å²) in [4.78, 5) is 28.8. The molecule has 5 heteroatoms. The van der Waals surface area contributed by atoms with Gasteiger partial charge in [-0.1, -0.05) is 103 Å². The van der Waals surface area contributed by atoms with Crippen molar-refractivity contribution in [3.63, 3.8) is 0 Å². The van der Waals surface area contributed by atoms with Crippen LogP contribution in [-0.2, 0) is 22.6 Å². The van der Waals surface area contributed by atoms with Gasteiger partial charge >= 0.3 is 0 Å². The Labute approximate surface area is 219 Å². The van der Waals surface area contributed by atoms with Crippen LogP contribution in [0.15, 0.2) is 97.1 Å². The van der Waals surface area contributed by atoms with Crippen LogP contribution in [0.1, 0.15) is 30.0 Å². The maximum absolute atomic E-state index is 13.8. The highest BCUT2D eigenvalue weighted by Crippen LogP contribution is 2.25. The molecule has 0 aliphatic carbocycles. The second kappa shape index (κ2) is 12.7. The minimum absolute atomic E-state index is 0.156. The average molecular weight is 495 g/mol. The first-order chi connectivity index (χ1) is 18.0. The van der Waals surface area contributed by atoms with E-state index in [-0.39, 0.29) is 18.4 Å². The van der Waals surface area contributed by atoms with Gasteiger partial charge in [0, 0.05) is 24.9 Å². The summed E-state index contributed by atoms with van der Waals surface area (Å²) in [6.07, 6.45) is 1.24. The monoisotopic (exact) mass is 494 g/mol. The predicted octanol–water partition coefficient (Wildman–Crippen LogP) is 5.69. The number of nitrogens with zero attached hydrogens (tertiary/aromatic N) is 1. The number of hydrogen-bond acceptors (Lipinski definition) is 3. The summed E-state index contributed by atoms with van der Waals surface area (Å²) in [5.74, 6) is 0.259. The van der Waals surface area contributed by atoms with Gasteiger partial charge in [0.2, 0.25) is 5.91 Å². The van der Waals surface area contributed by atoms with Gasteiger partial charge < -0.3 is 15.0 Å². The van der Waals surface area contributed by atoms with Gasteiger partial charge in [0.15, 0.2) is 6.61 Å². The first-order valence-corrected chi connectivity index (χ1v) is 12.8. The zero-order valence-electron chi connectivity index (χ0n) is 21.5. The van der Waals surface area contributed by atoms with Gasteiger partial charge in [-0.05, 0) is 35.9 Å². The minimum atomic E-state index is -0.668. The molecule has 0 radical (unpaired) electrons. The molecule has 190 valence electrons. The quantitative estimate of drug-likeness (QED) is 0.291. The van der Waals surface area contributed by atoms with Gasteiger partial charge in [0.25, 0.3) is 5.91 Å². The first kappa shape index (κ1) is 26.0. The van der Waals surface area contributed by atoms with Gasteiger partial charge in [-0.15, -0.1) is 0 Å². The fraction of sp³-hybridized carbons (Fsp3) is 0.250. The van der Waals surface area contributed by atoms with Crippen LogP contribution in [0.2, 0.25) is 0 Å². The molecule has 5 nitrogen and oxygen atoms in total. The lowest BCUT2D eigenvalue weighted by Crippen LogP contribution is -2.51. The SMILES string of the molecule is CCCNC(=O)C(Cc1ccccc1)N(Cc1ccc(C)cc1)C(=O)COc1cccc2ccccc12. The maximum Gasteiger partial charge on any atom is 0.261 e. The average Bonchev–Trinajstić information content (AvgIpc) is 2.93. The summed E-state index contributed by atoms with van der Waals surface area (Å²) >= 11 is 0. The smallest absolute Gasteiger partial charge is 0.261 e. The van der Waals surface area contributed by atoms with E-state index in [1.54, 1.807) is 4.90 Å². The van der Waals surface area contributed by atoms with E-state index in [0.717, 1.165) is 33.9 Å². The van der Waals surface area contributed by atoms with Crippen molar-refractivity contribution < 1.29 is 14.3 Å². The molecule has 0 saturated heterocycles. The lowest BCUT2D eigenvalue weighted by molar-refractivity contribution is -0.142. The van der Waals surface area contributed by atoms with Crippen LogP contribution >= 0.6 is 0 Å². The van der Waals surface area contributed by atoms with E-state index < -0.39 is 6.04 Å². The second-order valence-corrected chi connectivity index (χ2v) is 9.27. The van der Waals surface area contributed by atoms with Crippen molar-refractivity contribution >= 4 is 22.6 Å². The van der Waals surface area contributed by atoms with Crippen molar-refractivity contribution in [3.05, 3.63) is 114 Å². The molecule has 4 rings (SSSR count). The third-order valence-corrected chi connectivity index (χ3v) is 6.39. The minimum Gasteiger partial charge on any atom is -0.483 e. The van der Waals surface area contributed by atoms with E-state index in [0.29, 0.717) is 25.3 Å². The lowest BCUT2D eigenvalue weighted by atomic mass is 10.0. The number of amides is 2. The molecule has 1 unspecified atom stereocenters. The number of ether oxygens (including phenoxy) is 1. The number of carbonyl (C=O) groups is 2. The molecule has 0 aliphatic heterocycles. The third kappa shape index (κ3) is 6.98. The number of aryl methyl sites for hydroxylation is 1. The third-order valence-electron chi connectivity index (χ3n) is 6.39. The van der Waals surface area contributed by atoms with Crippen molar-refractivity contribution in [3.8, 4) is 5.75 Å². The molecule has 1 N–H and O–H groups in total. The van der Waals surface area contributed by atoms with Crippen LogP contribution in [-0.4, -0.2) is 35.9 Å². The Morgan fingerprint density at radius 2 is 1.54 bits per heavy atom. The molecule has 1 atom stereocenters. The van der Waals surface area contributed by atoms with Crippen molar-refractivity contribution in [1.29, 1.82) is 0 Å². The molecule has 2 amide bonds. The summed E-state index contributed by atoms with van der Waals surface area (Å²) in [6, 6.07) is 30.9. The maximum atomic E-state index is 13.8. The molecule has 0 heterocycles. The Morgan fingerprint density at radius 3 is 2.30 bits per heavy atom. The number of fused-ring (bicyclic) bond motifs is 1. The molecule has 0 fully saturated rings. The number of hydrogen-bond donors (Lipinski definition) is 1. The van der Waals surface area contributed by atoms with Crippen LogP contribution in [0, 0.1) is 6.92 Å². The van der Waals surface area contributed by atoms with Gasteiger partial charge in [-0.3, -0.25) is 9.59 Å². The van der Waals surface area contributed by atoms with Gasteiger partial charge in [-0.2, -0.15) is 0 Å². The Morgan fingerprint density at radius 1 is 0.838 bits per heavy atom. The van der Waals surface area contributed by atoms with E-state index >= 15 is 0 Å². The normalized spacial score (nSPS) is 11.6. The van der Waals surface area contributed by atoms with Crippen molar-refractivity contribution in [2.45, 2.75) is 39.3 Å². The number of nitrogens with one attached hydrogen (secondary N) is 1. The molecule has 0 aromatic heterocycles. The fourth-order valence-electron chi connectivity index (χ4n) is 4.35. The van der Waals surface area contributed by atoms with Crippen molar-refractivity contribution in [1.82, 2.24) is 10.2 Å². The predicted molar refractivity (Wildman–Crippen MR) is 148 cm³/mol.